The SMILES string of the molecule is CCC(C)(C)C1CCC2(CC1)OCCC2O. The summed E-state index contributed by atoms with van der Waals surface area (Å²) < 4.78 is 5.84. The maximum absolute atomic E-state index is 10.0. The summed E-state index contributed by atoms with van der Waals surface area (Å²) in [5.74, 6) is 0.805. The second-order valence-corrected chi connectivity index (χ2v) is 6.33. The van der Waals surface area contributed by atoms with Gasteiger partial charge < -0.3 is 9.84 Å². The van der Waals surface area contributed by atoms with Gasteiger partial charge in [0.15, 0.2) is 0 Å². The minimum Gasteiger partial charge on any atom is -0.390 e. The van der Waals surface area contributed by atoms with Crippen molar-refractivity contribution in [3.63, 3.8) is 0 Å². The third-order valence-corrected chi connectivity index (χ3v) is 5.24. The molecule has 2 rings (SSSR count). The van der Waals surface area contributed by atoms with Crippen LogP contribution in [-0.4, -0.2) is 23.4 Å². The molecule has 0 amide bonds. The average Bonchev–Trinajstić information content (AvgIpc) is 2.61. The van der Waals surface area contributed by atoms with Gasteiger partial charge in [-0.25, -0.2) is 0 Å². The van der Waals surface area contributed by atoms with E-state index < -0.39 is 0 Å². The van der Waals surface area contributed by atoms with Crippen LogP contribution in [0.3, 0.4) is 0 Å². The van der Waals surface area contributed by atoms with Gasteiger partial charge in [-0.05, 0) is 43.4 Å². The van der Waals surface area contributed by atoms with E-state index in [2.05, 4.69) is 20.8 Å². The van der Waals surface area contributed by atoms with Crippen molar-refractivity contribution in [1.29, 1.82) is 0 Å². The molecule has 1 atom stereocenters. The number of rotatable bonds is 2. The molecule has 1 unspecified atom stereocenters. The predicted molar refractivity (Wildman–Crippen MR) is 65.3 cm³/mol. The summed E-state index contributed by atoms with van der Waals surface area (Å²) >= 11 is 0. The molecule has 1 N–H and O–H groups in total. The fourth-order valence-electron chi connectivity index (χ4n) is 3.39. The van der Waals surface area contributed by atoms with Crippen LogP contribution in [0.4, 0.5) is 0 Å². The van der Waals surface area contributed by atoms with E-state index in [1.165, 1.54) is 19.3 Å². The smallest absolute Gasteiger partial charge is 0.0941 e. The molecule has 1 saturated carbocycles. The highest BCUT2D eigenvalue weighted by Crippen LogP contribution is 2.47. The first-order valence-corrected chi connectivity index (χ1v) is 6.82. The zero-order chi connectivity index (χ0) is 11.8. The zero-order valence-corrected chi connectivity index (χ0v) is 11.0. The van der Waals surface area contributed by atoms with Crippen LogP contribution in [0.25, 0.3) is 0 Å². The number of hydrogen-bond donors (Lipinski definition) is 1. The largest absolute Gasteiger partial charge is 0.390 e. The molecule has 1 heterocycles. The van der Waals surface area contributed by atoms with E-state index in [9.17, 15) is 5.11 Å². The highest BCUT2D eigenvalue weighted by atomic mass is 16.5. The maximum Gasteiger partial charge on any atom is 0.0941 e. The highest BCUT2D eigenvalue weighted by molar-refractivity contribution is 4.98. The monoisotopic (exact) mass is 226 g/mol. The first-order chi connectivity index (χ1) is 7.50. The molecule has 2 aliphatic rings. The summed E-state index contributed by atoms with van der Waals surface area (Å²) in [5.41, 5.74) is 0.283. The van der Waals surface area contributed by atoms with Gasteiger partial charge in [-0.15, -0.1) is 0 Å². The molecule has 1 spiro atoms. The summed E-state index contributed by atoms with van der Waals surface area (Å²) in [7, 11) is 0. The fourth-order valence-corrected chi connectivity index (χ4v) is 3.39. The normalized spacial score (nSPS) is 40.5. The second-order valence-electron chi connectivity index (χ2n) is 6.33. The molecule has 16 heavy (non-hydrogen) atoms. The molecule has 0 radical (unpaired) electrons. The quantitative estimate of drug-likeness (QED) is 0.784. The first-order valence-electron chi connectivity index (χ1n) is 6.82. The summed E-state index contributed by atoms with van der Waals surface area (Å²) in [6, 6.07) is 0. The second kappa shape index (κ2) is 4.30. The van der Waals surface area contributed by atoms with Crippen LogP contribution in [-0.2, 0) is 4.74 Å². The van der Waals surface area contributed by atoms with Crippen molar-refractivity contribution in [1.82, 2.24) is 0 Å². The number of aliphatic hydroxyl groups excluding tert-OH is 1. The van der Waals surface area contributed by atoms with Gasteiger partial charge >= 0.3 is 0 Å². The Labute approximate surface area is 99.4 Å². The van der Waals surface area contributed by atoms with Gasteiger partial charge in [-0.2, -0.15) is 0 Å². The molecule has 1 saturated heterocycles. The highest BCUT2D eigenvalue weighted by Gasteiger charge is 2.47. The van der Waals surface area contributed by atoms with Crippen LogP contribution in [0.15, 0.2) is 0 Å². The van der Waals surface area contributed by atoms with E-state index >= 15 is 0 Å². The molecule has 0 aromatic carbocycles. The molecule has 2 heteroatoms. The molecule has 94 valence electrons. The van der Waals surface area contributed by atoms with Crippen molar-refractivity contribution in [3.05, 3.63) is 0 Å². The molecule has 1 aliphatic heterocycles. The van der Waals surface area contributed by atoms with Crippen LogP contribution >= 0.6 is 0 Å². The van der Waals surface area contributed by atoms with Crippen molar-refractivity contribution < 1.29 is 9.84 Å². The van der Waals surface area contributed by atoms with Crippen molar-refractivity contribution in [3.8, 4) is 0 Å². The Morgan fingerprint density at radius 1 is 1.25 bits per heavy atom. The Balaban J connectivity index is 1.96. The van der Waals surface area contributed by atoms with E-state index in [4.69, 9.17) is 4.74 Å². The Morgan fingerprint density at radius 3 is 2.31 bits per heavy atom. The van der Waals surface area contributed by atoms with Crippen LogP contribution < -0.4 is 0 Å². The van der Waals surface area contributed by atoms with Crippen molar-refractivity contribution in [2.75, 3.05) is 6.61 Å². The lowest BCUT2D eigenvalue weighted by atomic mass is 9.65. The molecular formula is C14H26O2. The summed E-state index contributed by atoms with van der Waals surface area (Å²) in [4.78, 5) is 0. The Kier molecular flexibility index (Phi) is 3.33. The molecule has 2 fully saturated rings. The van der Waals surface area contributed by atoms with Gasteiger partial charge in [0.05, 0.1) is 18.3 Å². The van der Waals surface area contributed by atoms with Gasteiger partial charge in [0, 0.05) is 0 Å². The van der Waals surface area contributed by atoms with Crippen molar-refractivity contribution in [2.24, 2.45) is 11.3 Å². The predicted octanol–water partition coefficient (Wildman–Crippen LogP) is 3.13. The third kappa shape index (κ3) is 2.02. The molecule has 1 aliphatic carbocycles. The number of hydrogen-bond acceptors (Lipinski definition) is 2. The van der Waals surface area contributed by atoms with Gasteiger partial charge in [-0.3, -0.25) is 0 Å². The molecule has 0 bridgehead atoms. The van der Waals surface area contributed by atoms with Crippen LogP contribution in [0.5, 0.6) is 0 Å². The first kappa shape index (κ1) is 12.4. The molecule has 2 nitrogen and oxygen atoms in total. The lowest BCUT2D eigenvalue weighted by molar-refractivity contribution is -0.0974. The molecule has 0 aromatic heterocycles. The standard InChI is InChI=1S/C14H26O2/c1-4-13(2,3)11-5-8-14(9-6-11)12(15)7-10-16-14/h11-12,15H,4-10H2,1-3H3. The fraction of sp³-hybridized carbons (Fsp3) is 1.00. The van der Waals surface area contributed by atoms with E-state index in [0.717, 1.165) is 31.8 Å². The lowest BCUT2D eigenvalue weighted by Gasteiger charge is -2.44. The maximum atomic E-state index is 10.0. The van der Waals surface area contributed by atoms with Gasteiger partial charge in [0.2, 0.25) is 0 Å². The summed E-state index contributed by atoms with van der Waals surface area (Å²) in [5, 5.41) is 10.0. The van der Waals surface area contributed by atoms with E-state index in [1.807, 2.05) is 0 Å². The molecular weight excluding hydrogens is 200 g/mol. The van der Waals surface area contributed by atoms with E-state index in [-0.39, 0.29) is 11.7 Å². The Morgan fingerprint density at radius 2 is 1.88 bits per heavy atom. The van der Waals surface area contributed by atoms with Crippen LogP contribution in [0, 0.1) is 11.3 Å². The van der Waals surface area contributed by atoms with E-state index in [1.54, 1.807) is 0 Å². The third-order valence-electron chi connectivity index (χ3n) is 5.24. The zero-order valence-electron chi connectivity index (χ0n) is 11.0. The summed E-state index contributed by atoms with van der Waals surface area (Å²) in [6.07, 6.45) is 6.43. The average molecular weight is 226 g/mol. The van der Waals surface area contributed by atoms with Crippen molar-refractivity contribution >= 4 is 0 Å². The van der Waals surface area contributed by atoms with Crippen molar-refractivity contribution in [2.45, 2.75) is 71.0 Å². The number of ether oxygens (including phenoxy) is 1. The van der Waals surface area contributed by atoms with E-state index in [0.29, 0.717) is 5.41 Å². The van der Waals surface area contributed by atoms with Crippen LogP contribution in [0.1, 0.15) is 59.3 Å². The Bertz CT molecular complexity index is 239. The lowest BCUT2D eigenvalue weighted by Crippen LogP contribution is -2.44. The minimum absolute atomic E-state index is 0.166. The minimum atomic E-state index is -0.210. The molecule has 0 aromatic rings. The van der Waals surface area contributed by atoms with Gasteiger partial charge in [-0.1, -0.05) is 27.2 Å². The summed E-state index contributed by atoms with van der Waals surface area (Å²) in [6.45, 7) is 7.79. The number of aliphatic hydroxyl groups is 1. The van der Waals surface area contributed by atoms with Crippen LogP contribution in [0.2, 0.25) is 0 Å². The van der Waals surface area contributed by atoms with Gasteiger partial charge in [0.1, 0.15) is 0 Å². The van der Waals surface area contributed by atoms with Gasteiger partial charge in [0.25, 0.3) is 0 Å². The Hall–Kier alpha value is -0.0800. The topological polar surface area (TPSA) is 29.5 Å².